The lowest BCUT2D eigenvalue weighted by atomic mass is 10.1. The van der Waals surface area contributed by atoms with Crippen molar-refractivity contribution in [3.63, 3.8) is 0 Å². The second kappa shape index (κ2) is 39.3. The van der Waals surface area contributed by atoms with Gasteiger partial charge in [0.05, 0.1) is 53.5 Å². The maximum absolute atomic E-state index is 9.00. The first kappa shape index (κ1) is 77.5. The summed E-state index contributed by atoms with van der Waals surface area (Å²) in [6, 6.07) is 42.7. The van der Waals surface area contributed by atoms with Crippen molar-refractivity contribution >= 4 is 82.5 Å². The summed E-state index contributed by atoms with van der Waals surface area (Å²) in [4.78, 5) is 10.5. The zero-order valence-electron chi connectivity index (χ0n) is 58.2. The smallest absolute Gasteiger partial charge is 0.199 e. The first-order valence-electron chi connectivity index (χ1n) is 31.0. The van der Waals surface area contributed by atoms with E-state index in [4.69, 9.17) is 35.5 Å². The van der Waals surface area contributed by atoms with Crippen molar-refractivity contribution in [3.8, 4) is 18.2 Å². The van der Waals surface area contributed by atoms with E-state index >= 15 is 0 Å². The van der Waals surface area contributed by atoms with E-state index in [0.29, 0.717) is 0 Å². The number of aromatic nitrogens is 6. The van der Waals surface area contributed by atoms with Gasteiger partial charge in [0.25, 0.3) is 0 Å². The lowest BCUT2D eigenvalue weighted by molar-refractivity contribution is 0.964. The largest absolute Gasteiger partial charge is 0.352 e. The monoisotopic (exact) mass is 1200 g/mol. The van der Waals surface area contributed by atoms with Crippen LogP contribution in [-0.2, 0) is 42.3 Å². The molecular formula is C78H96N12. The summed E-state index contributed by atoms with van der Waals surface area (Å²) in [7, 11) is 11.9. The molecule has 0 spiro atoms. The van der Waals surface area contributed by atoms with Gasteiger partial charge in [-0.1, -0.05) is 125 Å². The van der Waals surface area contributed by atoms with Crippen molar-refractivity contribution in [1.82, 2.24) is 27.4 Å². The molecule has 0 radical (unpaired) electrons. The average Bonchev–Trinajstić information content (AvgIpc) is 2.00. The van der Waals surface area contributed by atoms with Crippen molar-refractivity contribution in [3.05, 3.63) is 231 Å². The molecule has 0 saturated carbocycles. The van der Waals surface area contributed by atoms with Gasteiger partial charge in [-0.3, -0.25) is 0 Å². The number of hydrogen-bond acceptors (Lipinski definition) is 3. The van der Waals surface area contributed by atoms with E-state index in [9.17, 15) is 0 Å². The van der Waals surface area contributed by atoms with Crippen molar-refractivity contribution in [2.24, 2.45) is 42.3 Å². The minimum Gasteiger partial charge on any atom is -0.352 e. The quantitative estimate of drug-likeness (QED) is 0.141. The van der Waals surface area contributed by atoms with E-state index in [2.05, 4.69) is 68.5 Å². The van der Waals surface area contributed by atoms with Crippen LogP contribution in [0.2, 0.25) is 0 Å². The standard InChI is InChI=1S/6C11H10N2.6C2H6/c1-8-6-10(12-2)9-4-5-13(3)11(9)7-8;1-8-4-5-10-9(11(8)12-2)6-7-13(10)3;1-8-4-5-10(12-2)9-6-7-13(3)11(8)9;1-8-5-9-3-4-13(2)11(9)6-10(8)7-12;1-8-5-9-3-4-13(2)11(9)10(6-8)7-12;1-8-3-4-9-5-6-13(2)11(9)10(8)7-12;6*1-2/h3*4-7H,1,3H3;3*3-6H,1-2H3;6*1-2H3. The molecule has 6 aromatic carbocycles. The minimum absolute atomic E-state index is 0.737. The molecule has 90 heavy (non-hydrogen) atoms. The summed E-state index contributed by atoms with van der Waals surface area (Å²) in [5.41, 5.74) is 17.8. The van der Waals surface area contributed by atoms with Gasteiger partial charge in [-0.2, -0.15) is 15.8 Å². The Kier molecular flexibility index (Phi) is 33.9. The Morgan fingerprint density at radius 1 is 0.322 bits per heavy atom. The molecule has 0 fully saturated rings. The average molecular weight is 1200 g/mol. The Balaban J connectivity index is 0.000000522. The topological polar surface area (TPSA) is 114 Å². The lowest BCUT2D eigenvalue weighted by Gasteiger charge is -2.01. The van der Waals surface area contributed by atoms with Crippen LogP contribution in [0.3, 0.4) is 0 Å². The SMILES string of the molecule is CC.CC.CC.CC.CC.CC.Cc1cc(C#N)c2c(ccn2C)c1.Cc1cc2ccn(C)c2cc1C#N.Cc1ccc2ccn(C)c2c1C#N.[C-]#[N+]c1c(C)ccc2c1ccn2C.[C-]#[N+]c1cc(C)cc2c1ccn2C.[C-]#[N+]c1ccc(C)c2c1ccn2C. The third kappa shape index (κ3) is 19.0. The molecule has 12 rings (SSSR count). The highest BCUT2D eigenvalue weighted by atomic mass is 14.9. The maximum Gasteiger partial charge on any atom is 0.199 e. The van der Waals surface area contributed by atoms with Crippen molar-refractivity contribution in [1.29, 1.82) is 15.8 Å². The van der Waals surface area contributed by atoms with Gasteiger partial charge in [0.2, 0.25) is 0 Å². The van der Waals surface area contributed by atoms with Crippen LogP contribution in [0.15, 0.2) is 146 Å². The van der Waals surface area contributed by atoms with Gasteiger partial charge in [-0.05, 0) is 148 Å². The molecule has 0 aliphatic carbocycles. The van der Waals surface area contributed by atoms with Crippen LogP contribution < -0.4 is 0 Å². The number of nitriles is 3. The minimum atomic E-state index is 0.737. The summed E-state index contributed by atoms with van der Waals surface area (Å²) in [6.07, 6.45) is 11.9. The Morgan fingerprint density at radius 2 is 0.789 bits per heavy atom. The third-order valence-electron chi connectivity index (χ3n) is 13.9. The van der Waals surface area contributed by atoms with Crippen molar-refractivity contribution < 1.29 is 0 Å². The van der Waals surface area contributed by atoms with E-state index in [1.807, 2.05) is 305 Å². The predicted octanol–water partition coefficient (Wildman–Crippen LogP) is 22.3. The number of aryl methyl sites for hydroxylation is 12. The molecule has 0 aliphatic heterocycles. The van der Waals surface area contributed by atoms with Crippen LogP contribution in [0, 0.1) is 95.3 Å². The van der Waals surface area contributed by atoms with Crippen LogP contribution in [0.5, 0.6) is 0 Å². The first-order chi connectivity index (χ1) is 43.4. The number of nitrogens with zero attached hydrogens (tertiary/aromatic N) is 12. The second-order valence-corrected chi connectivity index (χ2v) is 19.4. The molecule has 0 saturated heterocycles. The summed E-state index contributed by atoms with van der Waals surface area (Å²) < 4.78 is 12.1. The Morgan fingerprint density at radius 3 is 1.37 bits per heavy atom. The van der Waals surface area contributed by atoms with Gasteiger partial charge >= 0.3 is 0 Å². The highest BCUT2D eigenvalue weighted by Gasteiger charge is 2.10. The maximum atomic E-state index is 9.00. The van der Waals surface area contributed by atoms with Crippen LogP contribution >= 0.6 is 0 Å². The number of rotatable bonds is 0. The highest BCUT2D eigenvalue weighted by Crippen LogP contribution is 2.32. The van der Waals surface area contributed by atoms with Crippen LogP contribution in [-0.4, -0.2) is 27.4 Å². The Hall–Kier alpha value is -10.5. The first-order valence-corrected chi connectivity index (χ1v) is 31.0. The predicted molar refractivity (Wildman–Crippen MR) is 387 cm³/mol. The van der Waals surface area contributed by atoms with Gasteiger partial charge < -0.3 is 27.4 Å². The van der Waals surface area contributed by atoms with Gasteiger partial charge in [0.1, 0.15) is 12.1 Å². The molecule has 0 unspecified atom stereocenters. The number of benzene rings is 6. The van der Waals surface area contributed by atoms with Gasteiger partial charge in [0, 0.05) is 128 Å². The summed E-state index contributed by atoms with van der Waals surface area (Å²) in [6.45, 7) is 57.1. The van der Waals surface area contributed by atoms with Gasteiger partial charge in [-0.15, -0.1) is 0 Å². The number of fused-ring (bicyclic) bond motifs is 6. The molecule has 12 aromatic rings. The zero-order valence-corrected chi connectivity index (χ0v) is 58.2. The third-order valence-corrected chi connectivity index (χ3v) is 13.9. The second-order valence-electron chi connectivity index (χ2n) is 19.4. The molecule has 0 bridgehead atoms. The summed E-state index contributed by atoms with van der Waals surface area (Å²) in [5, 5.41) is 33.4. The van der Waals surface area contributed by atoms with E-state index in [0.717, 1.165) is 122 Å². The van der Waals surface area contributed by atoms with Crippen molar-refractivity contribution in [2.45, 2.75) is 125 Å². The number of hydrogen-bond donors (Lipinski definition) is 0. The molecule has 6 aromatic heterocycles. The van der Waals surface area contributed by atoms with E-state index in [1.165, 1.54) is 10.9 Å². The molecule has 0 N–H and O–H groups in total. The van der Waals surface area contributed by atoms with Gasteiger partial charge in [-0.25, -0.2) is 14.5 Å². The molecule has 0 atom stereocenters. The fourth-order valence-electron chi connectivity index (χ4n) is 9.73. The summed E-state index contributed by atoms with van der Waals surface area (Å²) >= 11 is 0. The molecule has 6 heterocycles. The highest BCUT2D eigenvalue weighted by molar-refractivity contribution is 5.96. The fraction of sp³-hybridized carbons (Fsp3) is 0.308. The summed E-state index contributed by atoms with van der Waals surface area (Å²) in [5.74, 6) is 0. The van der Waals surface area contributed by atoms with E-state index in [1.54, 1.807) is 0 Å². The van der Waals surface area contributed by atoms with Crippen LogP contribution in [0.25, 0.3) is 80.0 Å². The molecule has 468 valence electrons. The molecule has 12 heteroatoms. The molecule has 0 amide bonds. The fourth-order valence-corrected chi connectivity index (χ4v) is 9.73. The molecule has 12 nitrogen and oxygen atoms in total. The Labute approximate surface area is 538 Å². The molecule has 0 aliphatic rings. The van der Waals surface area contributed by atoms with E-state index in [-0.39, 0.29) is 0 Å². The van der Waals surface area contributed by atoms with Crippen molar-refractivity contribution in [2.75, 3.05) is 0 Å². The molecular weight excluding hydrogens is 1100 g/mol. The normalized spacial score (nSPS) is 9.27. The zero-order chi connectivity index (χ0) is 68.5. The Bertz CT molecular complexity index is 4490. The van der Waals surface area contributed by atoms with E-state index < -0.39 is 0 Å². The lowest BCUT2D eigenvalue weighted by Crippen LogP contribution is -1.90. The van der Waals surface area contributed by atoms with Crippen LogP contribution in [0.4, 0.5) is 17.1 Å². The van der Waals surface area contributed by atoms with Gasteiger partial charge in [0.15, 0.2) is 17.1 Å². The van der Waals surface area contributed by atoms with Crippen LogP contribution in [0.1, 0.15) is 133 Å².